The van der Waals surface area contributed by atoms with Gasteiger partial charge in [0.1, 0.15) is 5.75 Å². The summed E-state index contributed by atoms with van der Waals surface area (Å²) in [6.07, 6.45) is 1.05. The number of nitro benzene ring substituents is 1. The van der Waals surface area contributed by atoms with Gasteiger partial charge in [-0.2, -0.15) is 0 Å². The molecule has 21 heavy (non-hydrogen) atoms. The van der Waals surface area contributed by atoms with Crippen molar-refractivity contribution in [2.24, 2.45) is 11.8 Å². The van der Waals surface area contributed by atoms with Crippen molar-refractivity contribution in [3.63, 3.8) is 0 Å². The minimum Gasteiger partial charge on any atom is -0.493 e. The maximum Gasteiger partial charge on any atom is 0.270 e. The molecule has 1 atom stereocenters. The average molecular weight is 294 g/mol. The van der Waals surface area contributed by atoms with Crippen LogP contribution in [0.15, 0.2) is 18.2 Å². The van der Waals surface area contributed by atoms with Gasteiger partial charge >= 0.3 is 0 Å². The van der Waals surface area contributed by atoms with E-state index in [0.29, 0.717) is 25.0 Å². The van der Waals surface area contributed by atoms with Crippen LogP contribution in [0.25, 0.3) is 0 Å². The van der Waals surface area contributed by atoms with Crippen LogP contribution in [0.1, 0.15) is 39.7 Å². The van der Waals surface area contributed by atoms with Gasteiger partial charge in [-0.1, -0.05) is 34.1 Å². The molecule has 0 aliphatic carbocycles. The van der Waals surface area contributed by atoms with E-state index in [-0.39, 0.29) is 10.6 Å². The molecular formula is C16H26N2O3. The van der Waals surface area contributed by atoms with Gasteiger partial charge in [0, 0.05) is 24.2 Å². The lowest BCUT2D eigenvalue weighted by atomic mass is 10.1. The second-order valence-corrected chi connectivity index (χ2v) is 5.90. The number of ether oxygens (including phenoxy) is 1. The SMILES string of the molecule is CCC(C)COc1ccc([N+](=O)[O-])cc1CNCC(C)C. The molecule has 1 N–H and O–H groups in total. The molecule has 0 saturated heterocycles. The Kier molecular flexibility index (Phi) is 7.15. The Morgan fingerprint density at radius 1 is 1.33 bits per heavy atom. The fourth-order valence-corrected chi connectivity index (χ4v) is 1.80. The van der Waals surface area contributed by atoms with E-state index in [0.717, 1.165) is 24.3 Å². The van der Waals surface area contributed by atoms with E-state index < -0.39 is 0 Å². The van der Waals surface area contributed by atoms with Crippen molar-refractivity contribution in [1.29, 1.82) is 0 Å². The molecule has 0 fully saturated rings. The van der Waals surface area contributed by atoms with Crippen molar-refractivity contribution in [2.45, 2.75) is 40.7 Å². The number of hydrogen-bond donors (Lipinski definition) is 1. The standard InChI is InChI=1S/C16H26N2O3/c1-5-13(4)11-21-16-7-6-15(18(19)20)8-14(16)10-17-9-12(2)3/h6-8,12-13,17H,5,9-11H2,1-4H3. The number of non-ortho nitro benzene ring substituents is 1. The maximum atomic E-state index is 10.9. The van der Waals surface area contributed by atoms with Gasteiger partial charge in [-0.3, -0.25) is 10.1 Å². The third-order valence-electron chi connectivity index (χ3n) is 3.34. The van der Waals surface area contributed by atoms with Crippen LogP contribution in [0.2, 0.25) is 0 Å². The molecule has 0 heterocycles. The van der Waals surface area contributed by atoms with Gasteiger partial charge in [0.15, 0.2) is 0 Å². The minimum atomic E-state index is -0.371. The predicted octanol–water partition coefficient (Wildman–Crippen LogP) is 3.77. The molecule has 5 heteroatoms. The number of benzene rings is 1. The summed E-state index contributed by atoms with van der Waals surface area (Å²) in [5.41, 5.74) is 0.945. The molecule has 118 valence electrons. The molecule has 1 rings (SSSR count). The summed E-state index contributed by atoms with van der Waals surface area (Å²) in [5.74, 6) is 1.74. The summed E-state index contributed by atoms with van der Waals surface area (Å²) in [4.78, 5) is 10.5. The summed E-state index contributed by atoms with van der Waals surface area (Å²) in [6.45, 7) is 10.6. The van der Waals surface area contributed by atoms with Crippen LogP contribution in [0.3, 0.4) is 0 Å². The molecule has 1 aromatic carbocycles. The summed E-state index contributed by atoms with van der Waals surface area (Å²) in [5, 5.41) is 14.2. The molecule has 1 aromatic rings. The van der Waals surface area contributed by atoms with Gasteiger partial charge in [-0.25, -0.2) is 0 Å². The van der Waals surface area contributed by atoms with Crippen LogP contribution in [-0.2, 0) is 6.54 Å². The normalized spacial score (nSPS) is 12.4. The summed E-state index contributed by atoms with van der Waals surface area (Å²) in [7, 11) is 0. The quantitative estimate of drug-likeness (QED) is 0.556. The molecule has 5 nitrogen and oxygen atoms in total. The van der Waals surface area contributed by atoms with Gasteiger partial charge in [-0.05, 0) is 24.4 Å². The zero-order valence-corrected chi connectivity index (χ0v) is 13.4. The lowest BCUT2D eigenvalue weighted by molar-refractivity contribution is -0.384. The zero-order chi connectivity index (χ0) is 15.8. The van der Waals surface area contributed by atoms with E-state index in [1.165, 1.54) is 6.07 Å². The number of nitrogens with one attached hydrogen (secondary N) is 1. The molecule has 0 radical (unpaired) electrons. The van der Waals surface area contributed by atoms with E-state index in [1.807, 2.05) is 0 Å². The first kappa shape index (κ1) is 17.4. The van der Waals surface area contributed by atoms with E-state index in [9.17, 15) is 10.1 Å². The van der Waals surface area contributed by atoms with Crippen LogP contribution in [0, 0.1) is 22.0 Å². The molecular weight excluding hydrogens is 268 g/mol. The Bertz CT molecular complexity index is 461. The van der Waals surface area contributed by atoms with Crippen LogP contribution in [0.5, 0.6) is 5.75 Å². The second-order valence-electron chi connectivity index (χ2n) is 5.90. The van der Waals surface area contributed by atoms with Crippen molar-refractivity contribution in [3.05, 3.63) is 33.9 Å². The topological polar surface area (TPSA) is 64.4 Å². The van der Waals surface area contributed by atoms with Crippen LogP contribution < -0.4 is 10.1 Å². The molecule has 0 aromatic heterocycles. The zero-order valence-electron chi connectivity index (χ0n) is 13.4. The first-order valence-corrected chi connectivity index (χ1v) is 7.54. The highest BCUT2D eigenvalue weighted by Gasteiger charge is 2.12. The Morgan fingerprint density at radius 2 is 2.05 bits per heavy atom. The maximum absolute atomic E-state index is 10.9. The van der Waals surface area contributed by atoms with Crippen molar-refractivity contribution >= 4 is 5.69 Å². The first-order valence-electron chi connectivity index (χ1n) is 7.54. The summed E-state index contributed by atoms with van der Waals surface area (Å²) in [6, 6.07) is 4.80. The molecule has 0 aliphatic heterocycles. The summed E-state index contributed by atoms with van der Waals surface area (Å²) >= 11 is 0. The monoisotopic (exact) mass is 294 g/mol. The minimum absolute atomic E-state index is 0.104. The van der Waals surface area contributed by atoms with E-state index in [4.69, 9.17) is 4.74 Å². The first-order chi connectivity index (χ1) is 9.93. The number of nitro groups is 1. The molecule has 1 unspecified atom stereocenters. The van der Waals surface area contributed by atoms with Crippen molar-refractivity contribution in [3.8, 4) is 5.75 Å². The predicted molar refractivity (Wildman–Crippen MR) is 84.6 cm³/mol. The fraction of sp³-hybridized carbons (Fsp3) is 0.625. The number of rotatable bonds is 9. The lowest BCUT2D eigenvalue weighted by Gasteiger charge is -2.15. The van der Waals surface area contributed by atoms with Crippen LogP contribution in [-0.4, -0.2) is 18.1 Å². The van der Waals surface area contributed by atoms with Crippen LogP contribution in [0.4, 0.5) is 5.69 Å². The van der Waals surface area contributed by atoms with Crippen molar-refractivity contribution in [2.75, 3.05) is 13.2 Å². The highest BCUT2D eigenvalue weighted by molar-refractivity contribution is 5.43. The van der Waals surface area contributed by atoms with Gasteiger partial charge in [-0.15, -0.1) is 0 Å². The van der Waals surface area contributed by atoms with Gasteiger partial charge < -0.3 is 10.1 Å². The molecule has 0 bridgehead atoms. The third kappa shape index (κ3) is 6.12. The van der Waals surface area contributed by atoms with Crippen molar-refractivity contribution < 1.29 is 9.66 Å². The Balaban J connectivity index is 2.81. The van der Waals surface area contributed by atoms with Gasteiger partial charge in [0.2, 0.25) is 0 Å². The fourth-order valence-electron chi connectivity index (χ4n) is 1.80. The average Bonchev–Trinajstić information content (AvgIpc) is 2.44. The Labute approximate surface area is 126 Å². The van der Waals surface area contributed by atoms with E-state index in [1.54, 1.807) is 12.1 Å². The smallest absolute Gasteiger partial charge is 0.270 e. The largest absolute Gasteiger partial charge is 0.493 e. The Hall–Kier alpha value is -1.62. The second kappa shape index (κ2) is 8.62. The molecule has 0 aliphatic rings. The number of hydrogen-bond acceptors (Lipinski definition) is 4. The summed E-state index contributed by atoms with van der Waals surface area (Å²) < 4.78 is 5.82. The van der Waals surface area contributed by atoms with E-state index in [2.05, 4.69) is 33.0 Å². The molecule has 0 saturated carbocycles. The molecule has 0 amide bonds. The van der Waals surface area contributed by atoms with E-state index >= 15 is 0 Å². The highest BCUT2D eigenvalue weighted by atomic mass is 16.6. The van der Waals surface area contributed by atoms with Gasteiger partial charge in [0.25, 0.3) is 5.69 Å². The number of nitrogens with zero attached hydrogens (tertiary/aromatic N) is 1. The Morgan fingerprint density at radius 3 is 2.62 bits per heavy atom. The van der Waals surface area contributed by atoms with Crippen LogP contribution >= 0.6 is 0 Å². The molecule has 0 spiro atoms. The highest BCUT2D eigenvalue weighted by Crippen LogP contribution is 2.25. The lowest BCUT2D eigenvalue weighted by Crippen LogP contribution is -2.20. The van der Waals surface area contributed by atoms with Crippen molar-refractivity contribution in [1.82, 2.24) is 5.32 Å². The third-order valence-corrected chi connectivity index (χ3v) is 3.34. The van der Waals surface area contributed by atoms with Gasteiger partial charge in [0.05, 0.1) is 11.5 Å².